The number of nitrogens with zero attached hydrogens (tertiary/aromatic N) is 3. The summed E-state index contributed by atoms with van der Waals surface area (Å²) < 4.78 is 1.79. The molecule has 1 aromatic carbocycles. The van der Waals surface area contributed by atoms with E-state index >= 15 is 0 Å². The van der Waals surface area contributed by atoms with Gasteiger partial charge in [-0.3, -0.25) is 0 Å². The van der Waals surface area contributed by atoms with Crippen LogP contribution in [0.25, 0.3) is 5.69 Å². The largest absolute Gasteiger partial charge is 0.223 e. The van der Waals surface area contributed by atoms with Crippen molar-refractivity contribution in [1.29, 1.82) is 0 Å². The predicted molar refractivity (Wildman–Crippen MR) is 50.7 cm³/mol. The molecule has 66 valence electrons. The van der Waals surface area contributed by atoms with Crippen LogP contribution in [0, 0.1) is 0 Å². The van der Waals surface area contributed by atoms with Crippen molar-refractivity contribution in [2.45, 2.75) is 13.3 Å². The van der Waals surface area contributed by atoms with E-state index in [2.05, 4.69) is 23.1 Å². The summed E-state index contributed by atoms with van der Waals surface area (Å²) in [6, 6.07) is 8.21. The molecule has 1 heterocycles. The normalized spacial score (nSPS) is 10.2. The van der Waals surface area contributed by atoms with Crippen LogP contribution in [-0.4, -0.2) is 14.8 Å². The molecule has 0 N–H and O–H groups in total. The molecule has 0 aliphatic rings. The van der Waals surface area contributed by atoms with Gasteiger partial charge in [-0.25, -0.2) is 9.67 Å². The first-order valence-electron chi connectivity index (χ1n) is 4.34. The summed E-state index contributed by atoms with van der Waals surface area (Å²) in [6.45, 7) is 2.13. The van der Waals surface area contributed by atoms with Crippen LogP contribution in [0.1, 0.15) is 12.5 Å². The third-order valence-electron chi connectivity index (χ3n) is 2.04. The second-order valence-electron chi connectivity index (χ2n) is 2.82. The van der Waals surface area contributed by atoms with E-state index in [0.717, 1.165) is 12.1 Å². The molecular formula is C10H11N3. The van der Waals surface area contributed by atoms with Crippen LogP contribution in [0.5, 0.6) is 0 Å². The molecule has 0 atom stereocenters. The fourth-order valence-corrected chi connectivity index (χ4v) is 1.37. The molecule has 13 heavy (non-hydrogen) atoms. The van der Waals surface area contributed by atoms with Gasteiger partial charge in [0.25, 0.3) is 0 Å². The van der Waals surface area contributed by atoms with Crippen molar-refractivity contribution < 1.29 is 0 Å². The number of aromatic nitrogens is 3. The van der Waals surface area contributed by atoms with Crippen LogP contribution in [-0.2, 0) is 6.42 Å². The van der Waals surface area contributed by atoms with E-state index in [1.165, 1.54) is 5.56 Å². The van der Waals surface area contributed by atoms with Crippen molar-refractivity contribution >= 4 is 0 Å². The van der Waals surface area contributed by atoms with Crippen LogP contribution >= 0.6 is 0 Å². The minimum absolute atomic E-state index is 1.01. The number of hydrogen-bond acceptors (Lipinski definition) is 2. The van der Waals surface area contributed by atoms with Crippen molar-refractivity contribution in [2.75, 3.05) is 0 Å². The molecule has 0 amide bonds. The summed E-state index contributed by atoms with van der Waals surface area (Å²) in [5.74, 6) is 0. The highest BCUT2D eigenvalue weighted by molar-refractivity contribution is 5.39. The zero-order chi connectivity index (χ0) is 9.10. The van der Waals surface area contributed by atoms with Gasteiger partial charge in [-0.1, -0.05) is 25.1 Å². The Balaban J connectivity index is 2.51. The number of rotatable bonds is 2. The number of aryl methyl sites for hydroxylation is 1. The van der Waals surface area contributed by atoms with E-state index in [1.54, 1.807) is 17.3 Å². The first kappa shape index (κ1) is 7.98. The molecule has 0 aliphatic heterocycles. The molecule has 2 aromatic rings. The molecular weight excluding hydrogens is 162 g/mol. The summed E-state index contributed by atoms with van der Waals surface area (Å²) in [6.07, 6.45) is 4.27. The Hall–Kier alpha value is -1.64. The van der Waals surface area contributed by atoms with Gasteiger partial charge >= 0.3 is 0 Å². The maximum Gasteiger partial charge on any atom is 0.138 e. The lowest BCUT2D eigenvalue weighted by Gasteiger charge is -2.05. The standard InChI is InChI=1S/C10H11N3/c1-2-9-5-3-4-6-10(9)13-8-11-7-12-13/h3-8H,2H2,1H3. The highest BCUT2D eigenvalue weighted by Crippen LogP contribution is 2.12. The number of para-hydroxylation sites is 1. The van der Waals surface area contributed by atoms with Gasteiger partial charge in [0.15, 0.2) is 0 Å². The molecule has 3 heteroatoms. The third-order valence-corrected chi connectivity index (χ3v) is 2.04. The van der Waals surface area contributed by atoms with Crippen LogP contribution < -0.4 is 0 Å². The van der Waals surface area contributed by atoms with Crippen molar-refractivity contribution in [3.8, 4) is 5.69 Å². The Morgan fingerprint density at radius 1 is 1.31 bits per heavy atom. The minimum Gasteiger partial charge on any atom is -0.223 e. The van der Waals surface area contributed by atoms with Crippen molar-refractivity contribution in [3.63, 3.8) is 0 Å². The van der Waals surface area contributed by atoms with Gasteiger partial charge in [-0.2, -0.15) is 5.10 Å². The van der Waals surface area contributed by atoms with E-state index in [-0.39, 0.29) is 0 Å². The Labute approximate surface area is 77.0 Å². The molecule has 0 aliphatic carbocycles. The monoisotopic (exact) mass is 173 g/mol. The lowest BCUT2D eigenvalue weighted by molar-refractivity contribution is 0.861. The van der Waals surface area contributed by atoms with Crippen molar-refractivity contribution in [3.05, 3.63) is 42.5 Å². The maximum atomic E-state index is 4.10. The maximum absolute atomic E-state index is 4.10. The first-order valence-corrected chi connectivity index (χ1v) is 4.34. The SMILES string of the molecule is CCc1ccccc1-n1cncn1. The Morgan fingerprint density at radius 3 is 2.85 bits per heavy atom. The fraction of sp³-hybridized carbons (Fsp3) is 0.200. The Kier molecular flexibility index (Phi) is 2.08. The van der Waals surface area contributed by atoms with E-state index in [1.807, 2.05) is 18.2 Å². The van der Waals surface area contributed by atoms with E-state index in [9.17, 15) is 0 Å². The number of benzene rings is 1. The second kappa shape index (κ2) is 3.39. The van der Waals surface area contributed by atoms with Crippen LogP contribution in [0.2, 0.25) is 0 Å². The number of hydrogen-bond donors (Lipinski definition) is 0. The van der Waals surface area contributed by atoms with Crippen LogP contribution in [0.4, 0.5) is 0 Å². The van der Waals surface area contributed by atoms with Crippen molar-refractivity contribution in [1.82, 2.24) is 14.8 Å². The van der Waals surface area contributed by atoms with E-state index in [4.69, 9.17) is 0 Å². The smallest absolute Gasteiger partial charge is 0.138 e. The van der Waals surface area contributed by atoms with Gasteiger partial charge in [-0.15, -0.1) is 0 Å². The molecule has 0 unspecified atom stereocenters. The molecule has 1 aromatic heterocycles. The zero-order valence-electron chi connectivity index (χ0n) is 7.51. The quantitative estimate of drug-likeness (QED) is 0.693. The molecule has 0 saturated carbocycles. The van der Waals surface area contributed by atoms with Gasteiger partial charge in [-0.05, 0) is 18.1 Å². The van der Waals surface area contributed by atoms with Crippen molar-refractivity contribution in [2.24, 2.45) is 0 Å². The Morgan fingerprint density at radius 2 is 2.15 bits per heavy atom. The Bertz CT molecular complexity index is 379. The second-order valence-corrected chi connectivity index (χ2v) is 2.82. The summed E-state index contributed by atoms with van der Waals surface area (Å²) in [4.78, 5) is 3.93. The zero-order valence-corrected chi connectivity index (χ0v) is 7.51. The highest BCUT2D eigenvalue weighted by Gasteiger charge is 2.00. The average Bonchev–Trinajstić information content (AvgIpc) is 2.70. The molecule has 2 rings (SSSR count). The van der Waals surface area contributed by atoms with Gasteiger partial charge in [0.2, 0.25) is 0 Å². The van der Waals surface area contributed by atoms with Gasteiger partial charge in [0.1, 0.15) is 12.7 Å². The molecule has 0 fully saturated rings. The lowest BCUT2D eigenvalue weighted by atomic mass is 10.1. The topological polar surface area (TPSA) is 30.7 Å². The van der Waals surface area contributed by atoms with Gasteiger partial charge < -0.3 is 0 Å². The minimum atomic E-state index is 1.01. The average molecular weight is 173 g/mol. The van der Waals surface area contributed by atoms with Crippen LogP contribution in [0.3, 0.4) is 0 Å². The van der Waals surface area contributed by atoms with Gasteiger partial charge in [0.05, 0.1) is 5.69 Å². The summed E-state index contributed by atoms with van der Waals surface area (Å²) in [5, 5.41) is 4.10. The lowest BCUT2D eigenvalue weighted by Crippen LogP contribution is -1.98. The molecule has 0 radical (unpaired) electrons. The first-order chi connectivity index (χ1) is 6.42. The summed E-state index contributed by atoms with van der Waals surface area (Å²) in [7, 11) is 0. The highest BCUT2D eigenvalue weighted by atomic mass is 15.3. The molecule has 0 saturated heterocycles. The molecule has 3 nitrogen and oxygen atoms in total. The molecule has 0 bridgehead atoms. The summed E-state index contributed by atoms with van der Waals surface area (Å²) >= 11 is 0. The van der Waals surface area contributed by atoms with Gasteiger partial charge in [0, 0.05) is 0 Å². The predicted octanol–water partition coefficient (Wildman–Crippen LogP) is 1.83. The van der Waals surface area contributed by atoms with Crippen LogP contribution in [0.15, 0.2) is 36.9 Å². The summed E-state index contributed by atoms with van der Waals surface area (Å²) in [5.41, 5.74) is 2.40. The third kappa shape index (κ3) is 1.45. The van der Waals surface area contributed by atoms with E-state index in [0.29, 0.717) is 0 Å². The molecule has 0 spiro atoms. The van der Waals surface area contributed by atoms with E-state index < -0.39 is 0 Å². The fourth-order valence-electron chi connectivity index (χ4n) is 1.37.